The van der Waals surface area contributed by atoms with Gasteiger partial charge in [0.25, 0.3) is 6.08 Å². The van der Waals surface area contributed by atoms with Gasteiger partial charge >= 0.3 is 0 Å². The monoisotopic (exact) mass is 410 g/mol. The smallest absolute Gasteiger partial charge is 0.266 e. The van der Waals surface area contributed by atoms with Crippen molar-refractivity contribution in [3.05, 3.63) is 12.2 Å². The fourth-order valence-electron chi connectivity index (χ4n) is 7.02. The topological polar surface area (TPSA) is 18.5 Å². The molecule has 0 aromatic carbocycles. The minimum absolute atomic E-state index is 0.0193. The molecule has 0 aromatic rings. The third kappa shape index (κ3) is 5.81. The Labute approximate surface area is 175 Å². The molecule has 3 saturated carbocycles. The van der Waals surface area contributed by atoms with E-state index in [0.29, 0.717) is 5.92 Å². The lowest BCUT2D eigenvalue weighted by Crippen LogP contribution is -2.37. The molecule has 1 heterocycles. The summed E-state index contributed by atoms with van der Waals surface area (Å²) in [6.45, 7) is 3.77. The fraction of sp³-hybridized carbons (Fsp3) is 0.920. The highest BCUT2D eigenvalue weighted by atomic mass is 19.3. The lowest BCUT2D eigenvalue weighted by molar-refractivity contribution is -0.200. The molecule has 3 aliphatic carbocycles. The zero-order chi connectivity index (χ0) is 20.2. The zero-order valence-electron chi connectivity index (χ0n) is 18.2. The van der Waals surface area contributed by atoms with Gasteiger partial charge in [0.15, 0.2) is 6.29 Å². The van der Waals surface area contributed by atoms with Crippen LogP contribution < -0.4 is 0 Å². The van der Waals surface area contributed by atoms with Gasteiger partial charge in [-0.25, -0.2) is 0 Å². The van der Waals surface area contributed by atoms with E-state index >= 15 is 0 Å². The van der Waals surface area contributed by atoms with Crippen molar-refractivity contribution in [1.29, 1.82) is 0 Å². The third-order valence-electron chi connectivity index (χ3n) is 8.90. The molecule has 0 amide bonds. The number of hydrogen-bond donors (Lipinski definition) is 0. The Balaban J connectivity index is 1.16. The first-order valence-corrected chi connectivity index (χ1v) is 12.3. The SMILES string of the molecule is CC1OCC(C2CCC(C3CCC(C4CCC(C=C(F)F)CC4)CC3)CC2)CO1. The number of halogens is 2. The minimum Gasteiger partial charge on any atom is -0.353 e. The Morgan fingerprint density at radius 3 is 1.31 bits per heavy atom. The highest BCUT2D eigenvalue weighted by Gasteiger charge is 2.36. The Kier molecular flexibility index (Phi) is 7.66. The molecular formula is C25H40F2O2. The number of ether oxygens (including phenoxy) is 2. The van der Waals surface area contributed by atoms with E-state index < -0.39 is 6.08 Å². The lowest BCUT2D eigenvalue weighted by atomic mass is 9.64. The molecule has 1 aliphatic heterocycles. The number of rotatable bonds is 4. The molecule has 0 spiro atoms. The van der Waals surface area contributed by atoms with Crippen LogP contribution >= 0.6 is 0 Å². The van der Waals surface area contributed by atoms with Crippen LogP contribution in [0.4, 0.5) is 8.78 Å². The van der Waals surface area contributed by atoms with E-state index in [4.69, 9.17) is 9.47 Å². The lowest BCUT2D eigenvalue weighted by Gasteiger charge is -2.42. The molecule has 4 heteroatoms. The van der Waals surface area contributed by atoms with Crippen molar-refractivity contribution in [2.24, 2.45) is 41.4 Å². The van der Waals surface area contributed by atoms with Crippen LogP contribution in [0.2, 0.25) is 0 Å². The maximum atomic E-state index is 12.5. The van der Waals surface area contributed by atoms with Crippen LogP contribution in [0.15, 0.2) is 12.2 Å². The van der Waals surface area contributed by atoms with E-state index in [1.165, 1.54) is 70.3 Å². The molecular weight excluding hydrogens is 370 g/mol. The molecule has 4 fully saturated rings. The molecule has 4 aliphatic rings. The summed E-state index contributed by atoms with van der Waals surface area (Å²) in [5.41, 5.74) is 0. The van der Waals surface area contributed by atoms with E-state index in [9.17, 15) is 8.78 Å². The van der Waals surface area contributed by atoms with Gasteiger partial charge in [0.05, 0.1) is 13.2 Å². The summed E-state index contributed by atoms with van der Waals surface area (Å²) < 4.78 is 36.4. The third-order valence-corrected chi connectivity index (χ3v) is 8.90. The maximum Gasteiger partial charge on any atom is 0.266 e. The van der Waals surface area contributed by atoms with Gasteiger partial charge in [0.2, 0.25) is 0 Å². The predicted octanol–water partition coefficient (Wildman–Crippen LogP) is 7.20. The summed E-state index contributed by atoms with van der Waals surface area (Å²) in [4.78, 5) is 0. The van der Waals surface area contributed by atoms with Crippen LogP contribution in [0, 0.1) is 41.4 Å². The van der Waals surface area contributed by atoms with Gasteiger partial charge in [-0.3, -0.25) is 0 Å². The normalized spacial score (nSPS) is 44.2. The molecule has 0 atom stereocenters. The van der Waals surface area contributed by atoms with Crippen molar-refractivity contribution in [1.82, 2.24) is 0 Å². The fourth-order valence-corrected chi connectivity index (χ4v) is 7.02. The minimum atomic E-state index is -1.48. The highest BCUT2D eigenvalue weighted by Crippen LogP contribution is 2.47. The van der Waals surface area contributed by atoms with Gasteiger partial charge in [-0.1, -0.05) is 0 Å². The van der Waals surface area contributed by atoms with Crippen LogP contribution in [-0.4, -0.2) is 19.5 Å². The summed E-state index contributed by atoms with van der Waals surface area (Å²) in [6, 6.07) is 0. The summed E-state index contributed by atoms with van der Waals surface area (Å²) in [7, 11) is 0. The van der Waals surface area contributed by atoms with Crippen LogP contribution in [-0.2, 0) is 9.47 Å². The van der Waals surface area contributed by atoms with Gasteiger partial charge < -0.3 is 9.47 Å². The van der Waals surface area contributed by atoms with Crippen molar-refractivity contribution in [2.45, 2.75) is 90.3 Å². The average Bonchev–Trinajstić information content (AvgIpc) is 2.75. The van der Waals surface area contributed by atoms with Crippen LogP contribution in [0.1, 0.15) is 84.0 Å². The van der Waals surface area contributed by atoms with E-state index in [1.807, 2.05) is 6.92 Å². The number of hydrogen-bond acceptors (Lipinski definition) is 2. The zero-order valence-corrected chi connectivity index (χ0v) is 18.2. The van der Waals surface area contributed by atoms with Crippen molar-refractivity contribution >= 4 is 0 Å². The van der Waals surface area contributed by atoms with Crippen molar-refractivity contribution in [2.75, 3.05) is 13.2 Å². The highest BCUT2D eigenvalue weighted by molar-refractivity contribution is 4.93. The first-order chi connectivity index (χ1) is 14.1. The first kappa shape index (κ1) is 21.7. The molecule has 1 saturated heterocycles. The maximum absolute atomic E-state index is 12.5. The van der Waals surface area contributed by atoms with Crippen LogP contribution in [0.3, 0.4) is 0 Å². The Bertz CT molecular complexity index is 515. The van der Waals surface area contributed by atoms with Crippen molar-refractivity contribution in [3.8, 4) is 0 Å². The Morgan fingerprint density at radius 2 is 0.931 bits per heavy atom. The largest absolute Gasteiger partial charge is 0.353 e. The van der Waals surface area contributed by atoms with E-state index in [0.717, 1.165) is 55.6 Å². The summed E-state index contributed by atoms with van der Waals surface area (Å²) >= 11 is 0. The second-order valence-electron chi connectivity index (χ2n) is 10.5. The van der Waals surface area contributed by atoms with Gasteiger partial charge in [0.1, 0.15) is 0 Å². The summed E-state index contributed by atoms with van der Waals surface area (Å²) in [5.74, 6) is 5.07. The first-order valence-electron chi connectivity index (χ1n) is 12.3. The van der Waals surface area contributed by atoms with Gasteiger partial charge in [0, 0.05) is 5.92 Å². The molecule has 29 heavy (non-hydrogen) atoms. The second kappa shape index (κ2) is 10.2. The van der Waals surface area contributed by atoms with E-state index in [1.54, 1.807) is 0 Å². The summed E-state index contributed by atoms with van der Waals surface area (Å²) in [6.07, 6.45) is 15.1. The average molecular weight is 411 g/mol. The second-order valence-corrected chi connectivity index (χ2v) is 10.5. The number of allylic oxidation sites excluding steroid dienone is 1. The Hall–Kier alpha value is -0.480. The van der Waals surface area contributed by atoms with E-state index in [2.05, 4.69) is 0 Å². The quantitative estimate of drug-likeness (QED) is 0.488. The van der Waals surface area contributed by atoms with E-state index in [-0.39, 0.29) is 12.2 Å². The standard InChI is InChI=1S/C25H40F2O2/c1-17-28-15-24(16-29-17)23-12-10-22(11-13-23)21-8-6-20(7-9-21)19-4-2-18(3-5-19)14-25(26)27/h14,17-24H,2-13,15-16H2,1H3. The molecule has 0 aromatic heterocycles. The molecule has 0 N–H and O–H groups in total. The Morgan fingerprint density at radius 1 is 0.586 bits per heavy atom. The molecule has 4 rings (SSSR count). The molecule has 0 radical (unpaired) electrons. The van der Waals surface area contributed by atoms with Crippen molar-refractivity contribution < 1.29 is 18.3 Å². The molecule has 0 bridgehead atoms. The summed E-state index contributed by atoms with van der Waals surface area (Å²) in [5, 5.41) is 0. The van der Waals surface area contributed by atoms with Crippen LogP contribution in [0.25, 0.3) is 0 Å². The van der Waals surface area contributed by atoms with Gasteiger partial charge in [-0.05, 0) is 126 Å². The predicted molar refractivity (Wildman–Crippen MR) is 111 cm³/mol. The molecule has 166 valence electrons. The molecule has 2 nitrogen and oxygen atoms in total. The molecule has 0 unspecified atom stereocenters. The van der Waals surface area contributed by atoms with Gasteiger partial charge in [-0.15, -0.1) is 0 Å². The van der Waals surface area contributed by atoms with Crippen LogP contribution in [0.5, 0.6) is 0 Å². The van der Waals surface area contributed by atoms with Gasteiger partial charge in [-0.2, -0.15) is 8.78 Å². The van der Waals surface area contributed by atoms with Crippen molar-refractivity contribution in [3.63, 3.8) is 0 Å².